The van der Waals surface area contributed by atoms with Crippen LogP contribution in [0.5, 0.6) is 0 Å². The number of carbonyl (C=O) groups excluding carboxylic acids is 1. The number of aromatic nitrogens is 2. The van der Waals surface area contributed by atoms with Crippen molar-refractivity contribution in [2.45, 2.75) is 24.6 Å². The second-order valence-corrected chi connectivity index (χ2v) is 9.88. The summed E-state index contributed by atoms with van der Waals surface area (Å²) in [6.07, 6.45) is 4.03. The standard InChI is InChI=1S/C22H23N3O5S/c1-22(21(27)24-28,31(2,29)30)11-14-25-13-10-18(15-20(25)26)16-6-8-17(9-7-16)19-5-3-4-12-23-19/h3-10,12-13,15,28H,11,14H2,1-2H3,(H,24,27)/t22-/m1/s1. The molecule has 0 unspecified atom stereocenters. The number of benzene rings is 1. The van der Waals surface area contributed by atoms with Gasteiger partial charge in [0, 0.05) is 36.8 Å². The maximum absolute atomic E-state index is 12.6. The molecule has 0 aliphatic heterocycles. The van der Waals surface area contributed by atoms with Crippen LogP contribution in [0.25, 0.3) is 22.4 Å². The highest BCUT2D eigenvalue weighted by molar-refractivity contribution is 7.92. The van der Waals surface area contributed by atoms with Gasteiger partial charge in [-0.15, -0.1) is 0 Å². The number of aryl methyl sites for hydroxylation is 1. The second-order valence-electron chi connectivity index (χ2n) is 7.43. The van der Waals surface area contributed by atoms with Crippen molar-refractivity contribution in [1.29, 1.82) is 0 Å². The van der Waals surface area contributed by atoms with Crippen molar-refractivity contribution in [2.24, 2.45) is 0 Å². The van der Waals surface area contributed by atoms with E-state index in [9.17, 15) is 18.0 Å². The summed E-state index contributed by atoms with van der Waals surface area (Å²) in [5, 5.41) is 8.90. The van der Waals surface area contributed by atoms with Crippen LogP contribution in [-0.4, -0.2) is 40.1 Å². The van der Waals surface area contributed by atoms with Crippen molar-refractivity contribution in [3.8, 4) is 22.4 Å². The highest BCUT2D eigenvalue weighted by atomic mass is 32.2. The number of hydroxylamine groups is 1. The zero-order valence-electron chi connectivity index (χ0n) is 17.1. The molecule has 0 bridgehead atoms. The predicted octanol–water partition coefficient (Wildman–Crippen LogP) is 2.28. The highest BCUT2D eigenvalue weighted by Gasteiger charge is 2.43. The van der Waals surface area contributed by atoms with Crippen LogP contribution in [0.15, 0.2) is 71.8 Å². The molecule has 0 fully saturated rings. The van der Waals surface area contributed by atoms with Gasteiger partial charge in [0.15, 0.2) is 14.6 Å². The van der Waals surface area contributed by atoms with E-state index in [0.717, 1.165) is 23.1 Å². The molecule has 3 aromatic rings. The van der Waals surface area contributed by atoms with E-state index in [2.05, 4.69) is 4.98 Å². The molecular weight excluding hydrogens is 418 g/mol. The SMILES string of the molecule is C[C@@](CCn1ccc(-c2ccc(-c3ccccn3)cc2)cc1=O)(C(=O)NO)S(C)(=O)=O. The summed E-state index contributed by atoms with van der Waals surface area (Å²) in [5.41, 5.74) is 4.45. The van der Waals surface area contributed by atoms with E-state index in [4.69, 9.17) is 5.21 Å². The zero-order chi connectivity index (χ0) is 22.6. The van der Waals surface area contributed by atoms with E-state index in [1.165, 1.54) is 23.0 Å². The molecule has 0 saturated carbocycles. The number of pyridine rings is 2. The Morgan fingerprint density at radius 2 is 1.77 bits per heavy atom. The first kappa shape index (κ1) is 22.4. The van der Waals surface area contributed by atoms with Gasteiger partial charge in [-0.3, -0.25) is 19.8 Å². The molecule has 0 spiro atoms. The third kappa shape index (κ3) is 4.73. The normalized spacial score (nSPS) is 13.4. The van der Waals surface area contributed by atoms with Crippen LogP contribution in [0, 0.1) is 0 Å². The third-order valence-corrected chi connectivity index (χ3v) is 7.43. The summed E-state index contributed by atoms with van der Waals surface area (Å²) >= 11 is 0. The summed E-state index contributed by atoms with van der Waals surface area (Å²) in [5.74, 6) is -1.03. The van der Waals surface area contributed by atoms with Gasteiger partial charge < -0.3 is 4.57 Å². The molecule has 9 heteroatoms. The van der Waals surface area contributed by atoms with Crippen LogP contribution in [-0.2, 0) is 21.2 Å². The van der Waals surface area contributed by atoms with Gasteiger partial charge in [0.2, 0.25) is 0 Å². The molecule has 0 radical (unpaired) electrons. The molecule has 0 aliphatic carbocycles. The fourth-order valence-corrected chi connectivity index (χ4v) is 4.00. The van der Waals surface area contributed by atoms with Gasteiger partial charge in [-0.1, -0.05) is 30.3 Å². The van der Waals surface area contributed by atoms with Gasteiger partial charge in [-0.05, 0) is 42.7 Å². The number of hydrogen-bond donors (Lipinski definition) is 2. The number of carbonyl (C=O) groups is 1. The van der Waals surface area contributed by atoms with Gasteiger partial charge in [-0.2, -0.15) is 0 Å². The van der Waals surface area contributed by atoms with Gasteiger partial charge in [0.25, 0.3) is 11.5 Å². The molecule has 0 saturated heterocycles. The quantitative estimate of drug-likeness (QED) is 0.429. The molecule has 8 nitrogen and oxygen atoms in total. The molecule has 162 valence electrons. The van der Waals surface area contributed by atoms with E-state index >= 15 is 0 Å². The first-order valence-corrected chi connectivity index (χ1v) is 11.4. The Balaban J connectivity index is 1.80. The van der Waals surface area contributed by atoms with E-state index in [0.29, 0.717) is 5.56 Å². The summed E-state index contributed by atoms with van der Waals surface area (Å²) in [6, 6.07) is 16.5. The Morgan fingerprint density at radius 3 is 2.32 bits per heavy atom. The van der Waals surface area contributed by atoms with E-state index in [1.54, 1.807) is 18.5 Å². The number of rotatable bonds is 7. The number of hydrogen-bond acceptors (Lipinski definition) is 6. The minimum Gasteiger partial charge on any atom is -0.315 e. The highest BCUT2D eigenvalue weighted by Crippen LogP contribution is 2.24. The average Bonchev–Trinajstić information content (AvgIpc) is 2.77. The fraction of sp³-hybridized carbons (Fsp3) is 0.227. The first-order valence-electron chi connectivity index (χ1n) is 9.52. The van der Waals surface area contributed by atoms with E-state index in [1.807, 2.05) is 42.5 Å². The minimum absolute atomic E-state index is 0.00524. The largest absolute Gasteiger partial charge is 0.315 e. The van der Waals surface area contributed by atoms with Crippen molar-refractivity contribution in [2.75, 3.05) is 6.26 Å². The molecule has 2 aromatic heterocycles. The number of nitrogens with one attached hydrogen (secondary N) is 1. The summed E-state index contributed by atoms with van der Waals surface area (Å²) in [7, 11) is -3.83. The topological polar surface area (TPSA) is 118 Å². The third-order valence-electron chi connectivity index (χ3n) is 5.40. The van der Waals surface area contributed by atoms with Crippen molar-refractivity contribution in [3.05, 3.63) is 77.3 Å². The van der Waals surface area contributed by atoms with Crippen molar-refractivity contribution in [1.82, 2.24) is 15.0 Å². The predicted molar refractivity (Wildman–Crippen MR) is 117 cm³/mol. The average molecular weight is 442 g/mol. The fourth-order valence-electron chi connectivity index (χ4n) is 3.16. The number of amides is 1. The van der Waals surface area contributed by atoms with Crippen LogP contribution in [0.1, 0.15) is 13.3 Å². The smallest absolute Gasteiger partial charge is 0.264 e. The molecule has 0 aliphatic rings. The van der Waals surface area contributed by atoms with Crippen LogP contribution in [0.3, 0.4) is 0 Å². The molecule has 1 aromatic carbocycles. The monoisotopic (exact) mass is 441 g/mol. The molecule has 2 N–H and O–H groups in total. The van der Waals surface area contributed by atoms with E-state index < -0.39 is 20.5 Å². The first-order chi connectivity index (χ1) is 14.7. The Bertz CT molecular complexity index is 1240. The second kappa shape index (κ2) is 8.83. The van der Waals surface area contributed by atoms with Crippen LogP contribution in [0.4, 0.5) is 0 Å². The Kier molecular flexibility index (Phi) is 6.37. The van der Waals surface area contributed by atoms with Crippen LogP contribution in [0.2, 0.25) is 0 Å². The lowest BCUT2D eigenvalue weighted by Crippen LogP contribution is -2.49. The Labute approximate surface area is 180 Å². The minimum atomic E-state index is -3.83. The number of nitrogens with zero attached hydrogens (tertiary/aromatic N) is 2. The molecule has 31 heavy (non-hydrogen) atoms. The van der Waals surface area contributed by atoms with Crippen molar-refractivity contribution < 1.29 is 18.4 Å². The van der Waals surface area contributed by atoms with Gasteiger partial charge in [0.1, 0.15) is 0 Å². The maximum Gasteiger partial charge on any atom is 0.264 e. The maximum atomic E-state index is 12.6. The molecule has 2 heterocycles. The summed E-state index contributed by atoms with van der Waals surface area (Å²) in [4.78, 5) is 28.8. The molecule has 3 rings (SSSR count). The molecular formula is C22H23N3O5S. The molecule has 1 amide bonds. The van der Waals surface area contributed by atoms with Gasteiger partial charge in [0.05, 0.1) is 5.69 Å². The zero-order valence-corrected chi connectivity index (χ0v) is 18.0. The summed E-state index contributed by atoms with van der Waals surface area (Å²) in [6.45, 7) is 1.21. The van der Waals surface area contributed by atoms with Crippen molar-refractivity contribution >= 4 is 15.7 Å². The van der Waals surface area contributed by atoms with Gasteiger partial charge in [-0.25, -0.2) is 13.9 Å². The lowest BCUT2D eigenvalue weighted by Gasteiger charge is -2.25. The van der Waals surface area contributed by atoms with Crippen molar-refractivity contribution in [3.63, 3.8) is 0 Å². The van der Waals surface area contributed by atoms with Crippen LogP contribution < -0.4 is 11.0 Å². The lowest BCUT2D eigenvalue weighted by molar-refractivity contribution is -0.131. The number of sulfone groups is 1. The summed E-state index contributed by atoms with van der Waals surface area (Å²) < 4.78 is 23.6. The Morgan fingerprint density at radius 1 is 1.10 bits per heavy atom. The van der Waals surface area contributed by atoms with Crippen LogP contribution >= 0.6 is 0 Å². The lowest BCUT2D eigenvalue weighted by atomic mass is 10.0. The Hall–Kier alpha value is -3.30. The van der Waals surface area contributed by atoms with E-state index in [-0.39, 0.29) is 18.5 Å². The molecule has 1 atom stereocenters. The van der Waals surface area contributed by atoms with Gasteiger partial charge >= 0.3 is 0 Å².